The highest BCUT2D eigenvalue weighted by Gasteiger charge is 2.21. The Hall–Kier alpha value is -2.69. The predicted molar refractivity (Wildman–Crippen MR) is 136 cm³/mol. The van der Waals surface area contributed by atoms with Gasteiger partial charge in [-0.05, 0) is 37.3 Å². The molecule has 34 heavy (non-hydrogen) atoms. The number of anilines is 1. The summed E-state index contributed by atoms with van der Waals surface area (Å²) < 4.78 is 31.0. The smallest absolute Gasteiger partial charge is 0.251 e. The fourth-order valence-electron chi connectivity index (χ4n) is 3.91. The van der Waals surface area contributed by atoms with Crippen LogP contribution in [-0.4, -0.2) is 75.8 Å². The molecule has 0 saturated carbocycles. The number of hydrogen-bond acceptors (Lipinski definition) is 8. The van der Waals surface area contributed by atoms with Crippen molar-refractivity contribution in [2.75, 3.05) is 56.5 Å². The van der Waals surface area contributed by atoms with Crippen molar-refractivity contribution in [1.82, 2.24) is 15.2 Å². The van der Waals surface area contributed by atoms with Crippen LogP contribution in [0.5, 0.6) is 5.75 Å². The van der Waals surface area contributed by atoms with Crippen molar-refractivity contribution in [3.05, 3.63) is 48.0 Å². The van der Waals surface area contributed by atoms with Gasteiger partial charge >= 0.3 is 0 Å². The number of aromatic nitrogens is 1. The van der Waals surface area contributed by atoms with Gasteiger partial charge in [0.2, 0.25) is 0 Å². The first-order chi connectivity index (χ1) is 16.4. The van der Waals surface area contributed by atoms with Gasteiger partial charge in [0.1, 0.15) is 11.3 Å². The lowest BCUT2D eigenvalue weighted by atomic mass is 10.2. The molecular formula is C24H30N4O4S2. The summed E-state index contributed by atoms with van der Waals surface area (Å²) in [5, 5.41) is 3.92. The lowest BCUT2D eigenvalue weighted by Crippen LogP contribution is -2.48. The van der Waals surface area contributed by atoms with Gasteiger partial charge in [-0.3, -0.25) is 9.69 Å². The Morgan fingerprint density at radius 1 is 1.12 bits per heavy atom. The van der Waals surface area contributed by atoms with Crippen LogP contribution >= 0.6 is 11.3 Å². The number of para-hydroxylation sites is 1. The Kier molecular flexibility index (Phi) is 7.70. The summed E-state index contributed by atoms with van der Waals surface area (Å²) in [6.45, 7) is 8.93. The highest BCUT2D eigenvalue weighted by molar-refractivity contribution is 7.91. The van der Waals surface area contributed by atoms with Crippen LogP contribution in [-0.2, 0) is 9.84 Å². The number of carbonyl (C=O) groups excluding carboxylic acids is 1. The molecular weight excluding hydrogens is 472 g/mol. The first-order valence-electron chi connectivity index (χ1n) is 11.5. The van der Waals surface area contributed by atoms with Crippen molar-refractivity contribution in [3.63, 3.8) is 0 Å². The molecule has 4 rings (SSSR count). The van der Waals surface area contributed by atoms with Gasteiger partial charge in [-0.25, -0.2) is 13.4 Å². The van der Waals surface area contributed by atoms with Crippen LogP contribution < -0.4 is 15.0 Å². The summed E-state index contributed by atoms with van der Waals surface area (Å²) >= 11 is 1.69. The quantitative estimate of drug-likeness (QED) is 0.481. The van der Waals surface area contributed by atoms with E-state index in [0.717, 1.165) is 53.8 Å². The molecule has 1 aliphatic heterocycles. The van der Waals surface area contributed by atoms with Crippen LogP contribution in [0.1, 0.15) is 24.2 Å². The van der Waals surface area contributed by atoms with E-state index in [0.29, 0.717) is 18.7 Å². The number of hydrogen-bond donors (Lipinski definition) is 1. The molecule has 1 amide bonds. The molecule has 2 aromatic carbocycles. The van der Waals surface area contributed by atoms with E-state index in [2.05, 4.69) is 21.2 Å². The zero-order valence-corrected chi connectivity index (χ0v) is 21.1. The Bertz CT molecular complexity index is 1250. The topological polar surface area (TPSA) is 91.8 Å². The minimum Gasteiger partial charge on any atom is -0.492 e. The zero-order valence-electron chi connectivity index (χ0n) is 19.5. The Morgan fingerprint density at radius 3 is 2.62 bits per heavy atom. The number of piperazine rings is 1. The molecule has 3 aromatic rings. The van der Waals surface area contributed by atoms with E-state index < -0.39 is 9.84 Å². The second kappa shape index (κ2) is 10.7. The van der Waals surface area contributed by atoms with Crippen molar-refractivity contribution in [3.8, 4) is 5.75 Å². The maximum Gasteiger partial charge on any atom is 0.251 e. The van der Waals surface area contributed by atoms with Gasteiger partial charge in [-0.15, -0.1) is 0 Å². The molecule has 1 aliphatic rings. The monoisotopic (exact) mass is 502 g/mol. The number of fused-ring (bicyclic) bond motifs is 1. The Labute approximate surface area is 204 Å². The molecule has 1 aromatic heterocycles. The second-order valence-corrected chi connectivity index (χ2v) is 11.3. The molecule has 8 nitrogen and oxygen atoms in total. The number of amides is 1. The van der Waals surface area contributed by atoms with E-state index in [9.17, 15) is 13.2 Å². The van der Waals surface area contributed by atoms with Crippen molar-refractivity contribution in [1.29, 1.82) is 0 Å². The SMILES string of the molecule is CCOc1cccc2sc(N3CCN(CCNC(=O)c4cccc(S(=O)(=O)CC)c4)CC3)nc12. The lowest BCUT2D eigenvalue weighted by Gasteiger charge is -2.34. The van der Waals surface area contributed by atoms with Crippen molar-refractivity contribution < 1.29 is 17.9 Å². The minimum atomic E-state index is -3.34. The van der Waals surface area contributed by atoms with Gasteiger partial charge in [0.05, 0.1) is 22.0 Å². The van der Waals surface area contributed by atoms with Gasteiger partial charge in [-0.1, -0.05) is 30.4 Å². The molecule has 0 spiro atoms. The summed E-state index contributed by atoms with van der Waals surface area (Å²) in [6.07, 6.45) is 0. The molecule has 1 saturated heterocycles. The molecule has 0 radical (unpaired) electrons. The molecule has 182 valence electrons. The van der Waals surface area contributed by atoms with E-state index in [1.54, 1.807) is 30.4 Å². The largest absolute Gasteiger partial charge is 0.492 e. The molecule has 10 heteroatoms. The molecule has 1 N–H and O–H groups in total. The normalized spacial score (nSPS) is 14.9. The number of sulfone groups is 1. The molecule has 0 unspecified atom stereocenters. The van der Waals surface area contributed by atoms with Crippen molar-refractivity contribution in [2.45, 2.75) is 18.7 Å². The van der Waals surface area contributed by atoms with E-state index in [1.807, 2.05) is 19.1 Å². The predicted octanol–water partition coefficient (Wildman–Crippen LogP) is 3.04. The minimum absolute atomic E-state index is 0.00868. The number of benzene rings is 2. The first-order valence-corrected chi connectivity index (χ1v) is 14.0. The van der Waals surface area contributed by atoms with Gasteiger partial charge in [0.15, 0.2) is 15.0 Å². The average Bonchev–Trinajstić information content (AvgIpc) is 3.30. The maximum absolute atomic E-state index is 12.5. The van der Waals surface area contributed by atoms with E-state index >= 15 is 0 Å². The molecule has 1 fully saturated rings. The maximum atomic E-state index is 12.5. The van der Waals surface area contributed by atoms with E-state index in [4.69, 9.17) is 9.72 Å². The number of carbonyl (C=O) groups is 1. The number of thiazole rings is 1. The molecule has 2 heterocycles. The van der Waals surface area contributed by atoms with Gasteiger partial charge in [0, 0.05) is 44.8 Å². The highest BCUT2D eigenvalue weighted by Crippen LogP contribution is 2.34. The molecule has 0 bridgehead atoms. The Morgan fingerprint density at radius 2 is 1.88 bits per heavy atom. The van der Waals surface area contributed by atoms with Crippen LogP contribution in [0, 0.1) is 0 Å². The van der Waals surface area contributed by atoms with E-state index in [1.165, 1.54) is 12.1 Å². The van der Waals surface area contributed by atoms with E-state index in [-0.39, 0.29) is 16.6 Å². The molecule has 0 atom stereocenters. The van der Waals surface area contributed by atoms with Gasteiger partial charge in [-0.2, -0.15) is 0 Å². The second-order valence-electron chi connectivity index (χ2n) is 8.05. The van der Waals surface area contributed by atoms with Crippen molar-refractivity contribution >= 4 is 42.4 Å². The first kappa shape index (κ1) is 24.4. The summed E-state index contributed by atoms with van der Waals surface area (Å²) in [4.78, 5) is 22.1. The van der Waals surface area contributed by atoms with Crippen molar-refractivity contribution in [2.24, 2.45) is 0 Å². The average molecular weight is 503 g/mol. The summed E-state index contributed by atoms with van der Waals surface area (Å²) in [5.74, 6) is 0.579. The van der Waals surface area contributed by atoms with Crippen LogP contribution in [0.2, 0.25) is 0 Å². The number of ether oxygens (including phenoxy) is 1. The zero-order chi connectivity index (χ0) is 24.1. The Balaban J connectivity index is 1.27. The highest BCUT2D eigenvalue weighted by atomic mass is 32.2. The standard InChI is InChI=1S/C24H30N4O4S2/c1-3-32-20-9-6-10-21-22(20)26-24(33-21)28-15-13-27(14-16-28)12-11-25-23(29)18-7-5-8-19(17-18)34(30,31)4-2/h5-10,17H,3-4,11-16H2,1-2H3,(H,25,29). The fraction of sp³-hybridized carbons (Fsp3) is 0.417. The van der Waals surface area contributed by atoms with Crippen LogP contribution in [0.3, 0.4) is 0 Å². The van der Waals surface area contributed by atoms with Crippen LogP contribution in [0.4, 0.5) is 5.13 Å². The fourth-order valence-corrected chi connectivity index (χ4v) is 5.87. The summed E-state index contributed by atoms with van der Waals surface area (Å²) in [6, 6.07) is 12.3. The van der Waals surface area contributed by atoms with Crippen LogP contribution in [0.15, 0.2) is 47.4 Å². The third-order valence-electron chi connectivity index (χ3n) is 5.86. The third-order valence-corrected chi connectivity index (χ3v) is 8.68. The summed E-state index contributed by atoms with van der Waals surface area (Å²) in [5.41, 5.74) is 1.28. The summed E-state index contributed by atoms with van der Waals surface area (Å²) in [7, 11) is -3.34. The number of nitrogens with one attached hydrogen (secondary N) is 1. The van der Waals surface area contributed by atoms with Gasteiger partial charge < -0.3 is 15.0 Å². The lowest BCUT2D eigenvalue weighted by molar-refractivity contribution is 0.0947. The third kappa shape index (κ3) is 5.51. The number of rotatable bonds is 9. The number of nitrogens with zero attached hydrogens (tertiary/aromatic N) is 3. The molecule has 0 aliphatic carbocycles. The van der Waals surface area contributed by atoms with Gasteiger partial charge in [0.25, 0.3) is 5.91 Å². The van der Waals surface area contributed by atoms with Crippen LogP contribution in [0.25, 0.3) is 10.2 Å².